The van der Waals surface area contributed by atoms with E-state index in [0.29, 0.717) is 22.9 Å². The predicted octanol–water partition coefficient (Wildman–Crippen LogP) is 1.11. The van der Waals surface area contributed by atoms with Gasteiger partial charge in [0, 0.05) is 18.0 Å². The smallest absolute Gasteiger partial charge is 0.280 e. The van der Waals surface area contributed by atoms with Crippen LogP contribution in [0.25, 0.3) is 11.4 Å². The molecule has 0 radical (unpaired) electrons. The number of carbonyl (C=O) groups excluding carboxylic acids is 1. The van der Waals surface area contributed by atoms with E-state index in [0.717, 1.165) is 0 Å². The van der Waals surface area contributed by atoms with Crippen LogP contribution >= 0.6 is 0 Å². The van der Waals surface area contributed by atoms with Crippen LogP contribution in [0.1, 0.15) is 10.5 Å². The second-order valence-electron chi connectivity index (χ2n) is 4.82. The fraction of sp³-hybridized carbons (Fsp3) is 0.133. The third-order valence-corrected chi connectivity index (χ3v) is 3.31. The van der Waals surface area contributed by atoms with Crippen LogP contribution < -0.4 is 20.5 Å². The van der Waals surface area contributed by atoms with Crippen LogP contribution in [0.5, 0.6) is 11.5 Å². The molecular weight excluding hydrogens is 326 g/mol. The molecule has 128 valence electrons. The van der Waals surface area contributed by atoms with Gasteiger partial charge in [-0.25, -0.2) is 9.97 Å². The van der Waals surface area contributed by atoms with Gasteiger partial charge in [-0.3, -0.25) is 15.2 Å². The van der Waals surface area contributed by atoms with Gasteiger partial charge < -0.3 is 15.2 Å². The molecule has 0 fully saturated rings. The average molecular weight is 341 g/mol. The maximum atomic E-state index is 12.1. The quantitative estimate of drug-likeness (QED) is 0.627. The van der Waals surface area contributed by atoms with Gasteiger partial charge in [0.05, 0.1) is 14.2 Å². The molecule has 3 rings (SSSR count). The second kappa shape index (κ2) is 6.83. The van der Waals surface area contributed by atoms with Crippen LogP contribution in [-0.2, 0) is 0 Å². The number of anilines is 2. The lowest BCUT2D eigenvalue weighted by Crippen LogP contribution is -2.17. The summed E-state index contributed by atoms with van der Waals surface area (Å²) in [6.07, 6.45) is 2.77. The van der Waals surface area contributed by atoms with Crippen molar-refractivity contribution in [2.45, 2.75) is 0 Å². The highest BCUT2D eigenvalue weighted by molar-refractivity contribution is 6.04. The Morgan fingerprint density at radius 3 is 2.64 bits per heavy atom. The zero-order valence-corrected chi connectivity index (χ0v) is 13.5. The summed E-state index contributed by atoms with van der Waals surface area (Å²) in [4.78, 5) is 24.1. The Morgan fingerprint density at radius 2 is 1.92 bits per heavy atom. The molecule has 0 aliphatic rings. The summed E-state index contributed by atoms with van der Waals surface area (Å²) in [6.45, 7) is 0. The first kappa shape index (κ1) is 16.2. The van der Waals surface area contributed by atoms with Gasteiger partial charge in [-0.05, 0) is 18.2 Å². The Morgan fingerprint density at radius 1 is 1.16 bits per heavy atom. The van der Waals surface area contributed by atoms with E-state index in [9.17, 15) is 4.79 Å². The molecule has 0 unspecified atom stereocenters. The number of aromatic amines is 1. The fourth-order valence-corrected chi connectivity index (χ4v) is 2.11. The SMILES string of the molecule is COc1ccc(-c2nc(NC(=O)c3nccnc3N)n[nH]2)cc1OC. The number of nitrogens with zero attached hydrogens (tertiary/aromatic N) is 4. The van der Waals surface area contributed by atoms with E-state index in [1.54, 1.807) is 32.4 Å². The van der Waals surface area contributed by atoms with E-state index >= 15 is 0 Å². The van der Waals surface area contributed by atoms with Gasteiger partial charge >= 0.3 is 0 Å². The van der Waals surface area contributed by atoms with Crippen LogP contribution in [0.3, 0.4) is 0 Å². The Kier molecular flexibility index (Phi) is 4.42. The number of nitrogens with two attached hydrogens (primary N) is 1. The van der Waals surface area contributed by atoms with E-state index in [4.69, 9.17) is 15.2 Å². The number of hydrogen-bond donors (Lipinski definition) is 3. The third-order valence-electron chi connectivity index (χ3n) is 3.31. The highest BCUT2D eigenvalue weighted by Gasteiger charge is 2.15. The van der Waals surface area contributed by atoms with Crippen LogP contribution in [0.4, 0.5) is 11.8 Å². The monoisotopic (exact) mass is 341 g/mol. The number of nitrogen functional groups attached to an aromatic ring is 1. The molecule has 10 nitrogen and oxygen atoms in total. The molecule has 3 aromatic rings. The number of methoxy groups -OCH3 is 2. The first-order valence-electron chi connectivity index (χ1n) is 7.15. The van der Waals surface area contributed by atoms with E-state index in [-0.39, 0.29) is 17.5 Å². The van der Waals surface area contributed by atoms with Crippen molar-refractivity contribution >= 4 is 17.7 Å². The second-order valence-corrected chi connectivity index (χ2v) is 4.82. The maximum Gasteiger partial charge on any atom is 0.280 e. The van der Waals surface area contributed by atoms with Crippen molar-refractivity contribution in [1.29, 1.82) is 0 Å². The van der Waals surface area contributed by atoms with Crippen molar-refractivity contribution in [2.75, 3.05) is 25.3 Å². The summed E-state index contributed by atoms with van der Waals surface area (Å²) in [7, 11) is 3.09. The van der Waals surface area contributed by atoms with Crippen molar-refractivity contribution in [3.8, 4) is 22.9 Å². The van der Waals surface area contributed by atoms with Gasteiger partial charge in [0.15, 0.2) is 28.8 Å². The number of amides is 1. The molecule has 0 saturated heterocycles. The highest BCUT2D eigenvalue weighted by atomic mass is 16.5. The summed E-state index contributed by atoms with van der Waals surface area (Å²) >= 11 is 0. The van der Waals surface area contributed by atoms with E-state index in [1.165, 1.54) is 12.4 Å². The number of benzene rings is 1. The minimum absolute atomic E-state index is 0.0000308. The Hall–Kier alpha value is -3.69. The van der Waals surface area contributed by atoms with Gasteiger partial charge in [-0.15, -0.1) is 5.10 Å². The molecule has 0 bridgehead atoms. The van der Waals surface area contributed by atoms with Gasteiger partial charge in [0.1, 0.15) is 0 Å². The first-order valence-corrected chi connectivity index (χ1v) is 7.15. The molecular formula is C15H15N7O3. The van der Waals surface area contributed by atoms with E-state index < -0.39 is 5.91 Å². The minimum Gasteiger partial charge on any atom is -0.493 e. The van der Waals surface area contributed by atoms with Crippen molar-refractivity contribution in [2.24, 2.45) is 0 Å². The number of rotatable bonds is 5. The van der Waals surface area contributed by atoms with Crippen molar-refractivity contribution in [3.63, 3.8) is 0 Å². The molecule has 0 saturated carbocycles. The predicted molar refractivity (Wildman–Crippen MR) is 89.3 cm³/mol. The first-order chi connectivity index (χ1) is 12.1. The maximum absolute atomic E-state index is 12.1. The molecule has 2 aromatic heterocycles. The molecule has 4 N–H and O–H groups in total. The molecule has 2 heterocycles. The number of H-pyrrole nitrogens is 1. The van der Waals surface area contributed by atoms with Crippen molar-refractivity contribution < 1.29 is 14.3 Å². The van der Waals surface area contributed by atoms with Gasteiger partial charge in [-0.1, -0.05) is 0 Å². The largest absolute Gasteiger partial charge is 0.493 e. The standard InChI is InChI=1S/C15H15N7O3/c1-24-9-4-3-8(7-10(9)25-2)13-19-15(22-21-13)20-14(23)11-12(16)18-6-5-17-11/h3-7H,1-2H3,(H2,16,18)(H2,19,20,21,22,23). The van der Waals surface area contributed by atoms with Crippen LogP contribution in [0.2, 0.25) is 0 Å². The van der Waals surface area contributed by atoms with Gasteiger partial charge in [-0.2, -0.15) is 4.98 Å². The zero-order chi connectivity index (χ0) is 17.8. The molecule has 0 atom stereocenters. The lowest BCUT2D eigenvalue weighted by molar-refractivity contribution is 0.102. The fourth-order valence-electron chi connectivity index (χ4n) is 2.11. The normalized spacial score (nSPS) is 10.3. The molecule has 25 heavy (non-hydrogen) atoms. The molecule has 1 aromatic carbocycles. The van der Waals surface area contributed by atoms with Crippen LogP contribution in [0, 0.1) is 0 Å². The third kappa shape index (κ3) is 3.32. The summed E-state index contributed by atoms with van der Waals surface area (Å²) in [5.74, 6) is 1.15. The molecule has 1 amide bonds. The number of ether oxygens (including phenoxy) is 2. The lowest BCUT2D eigenvalue weighted by Gasteiger charge is -2.07. The van der Waals surface area contributed by atoms with Crippen molar-refractivity contribution in [1.82, 2.24) is 25.1 Å². The summed E-state index contributed by atoms with van der Waals surface area (Å²) in [5, 5.41) is 9.21. The average Bonchev–Trinajstić information content (AvgIpc) is 3.09. The number of carbonyl (C=O) groups is 1. The van der Waals surface area contributed by atoms with Crippen molar-refractivity contribution in [3.05, 3.63) is 36.3 Å². The lowest BCUT2D eigenvalue weighted by atomic mass is 10.2. The number of aromatic nitrogens is 5. The summed E-state index contributed by atoms with van der Waals surface area (Å²) in [6, 6.07) is 5.27. The van der Waals surface area contributed by atoms with Crippen LogP contribution in [0.15, 0.2) is 30.6 Å². The summed E-state index contributed by atoms with van der Waals surface area (Å²) < 4.78 is 10.4. The molecule has 0 aliphatic carbocycles. The Bertz CT molecular complexity index is 910. The summed E-state index contributed by atoms with van der Waals surface area (Å²) in [5.41, 5.74) is 6.33. The minimum atomic E-state index is -0.552. The highest BCUT2D eigenvalue weighted by Crippen LogP contribution is 2.31. The number of hydrogen-bond acceptors (Lipinski definition) is 8. The molecule has 0 spiro atoms. The van der Waals surface area contributed by atoms with Crippen LogP contribution in [-0.4, -0.2) is 45.3 Å². The Balaban J connectivity index is 1.81. The van der Waals surface area contributed by atoms with E-state index in [1.807, 2.05) is 0 Å². The Labute approximate surface area is 142 Å². The van der Waals surface area contributed by atoms with E-state index in [2.05, 4.69) is 30.5 Å². The topological polar surface area (TPSA) is 141 Å². The zero-order valence-electron chi connectivity index (χ0n) is 13.5. The number of nitrogens with one attached hydrogen (secondary N) is 2. The molecule has 10 heteroatoms. The molecule has 0 aliphatic heterocycles. The van der Waals surface area contributed by atoms with Gasteiger partial charge in [0.2, 0.25) is 5.95 Å². The van der Waals surface area contributed by atoms with Gasteiger partial charge in [0.25, 0.3) is 5.91 Å².